The number of esters is 1. The summed E-state index contributed by atoms with van der Waals surface area (Å²) >= 11 is 0. The number of likely N-dealkylation sites (N-methyl/N-ethyl adjacent to an activating group) is 1. The normalized spacial score (nSPS) is 14.1. The lowest BCUT2D eigenvalue weighted by atomic mass is 10.0. The van der Waals surface area contributed by atoms with E-state index in [9.17, 15) is 19.0 Å². The molecule has 0 bridgehead atoms. The Morgan fingerprint density at radius 3 is 1.31 bits per heavy atom. The maximum Gasteiger partial charge on any atom is 0.472 e. The van der Waals surface area contributed by atoms with Gasteiger partial charge in [0, 0.05) is 12.8 Å². The molecule has 0 aliphatic heterocycles. The summed E-state index contributed by atoms with van der Waals surface area (Å²) in [5, 5.41) is 3.04. The van der Waals surface area contributed by atoms with E-state index < -0.39 is 20.0 Å². The van der Waals surface area contributed by atoms with Gasteiger partial charge in [-0.3, -0.25) is 18.6 Å². The van der Waals surface area contributed by atoms with Gasteiger partial charge in [-0.2, -0.15) is 0 Å². The van der Waals surface area contributed by atoms with E-state index in [0.717, 1.165) is 83.5 Å². The summed E-state index contributed by atoms with van der Waals surface area (Å²) in [4.78, 5) is 37.5. The number of unbranched alkanes of at least 4 members (excludes halogenated alkanes) is 31. The lowest BCUT2D eigenvalue weighted by Gasteiger charge is -2.27. The highest BCUT2D eigenvalue weighted by atomic mass is 31.2. The van der Waals surface area contributed by atoms with Crippen LogP contribution in [0, 0.1) is 0 Å². The summed E-state index contributed by atoms with van der Waals surface area (Å²) in [5.74, 6) is -0.514. The molecule has 10 heteroatoms. The van der Waals surface area contributed by atoms with Crippen LogP contribution in [0.15, 0.2) is 36.5 Å². The number of carbonyl (C=O) groups excluding carboxylic acids is 2. The van der Waals surface area contributed by atoms with Crippen LogP contribution in [0.5, 0.6) is 0 Å². The summed E-state index contributed by atoms with van der Waals surface area (Å²) in [6, 6.07) is -0.848. The van der Waals surface area contributed by atoms with E-state index in [1.807, 2.05) is 33.3 Å². The molecule has 0 aliphatic rings. The lowest BCUT2D eigenvalue weighted by Crippen LogP contribution is -2.47. The molecule has 9 nitrogen and oxygen atoms in total. The molecule has 0 aromatic carbocycles. The molecule has 0 aliphatic carbocycles. The van der Waals surface area contributed by atoms with Crippen LogP contribution in [0.1, 0.15) is 265 Å². The Labute approximate surface area is 415 Å². The first-order chi connectivity index (χ1) is 32.4. The Hall–Kier alpha value is -1.77. The molecule has 394 valence electrons. The minimum Gasteiger partial charge on any atom is -0.456 e. The first-order valence-electron chi connectivity index (χ1n) is 28.3. The van der Waals surface area contributed by atoms with Crippen molar-refractivity contribution in [3.05, 3.63) is 36.5 Å². The highest BCUT2D eigenvalue weighted by molar-refractivity contribution is 7.47. The number of hydrogen-bond acceptors (Lipinski definition) is 6. The molecule has 0 rings (SSSR count). The molecule has 0 saturated carbocycles. The Morgan fingerprint density at radius 1 is 0.507 bits per heavy atom. The largest absolute Gasteiger partial charge is 0.472 e. The highest BCUT2D eigenvalue weighted by Crippen LogP contribution is 2.43. The van der Waals surface area contributed by atoms with Crippen molar-refractivity contribution >= 4 is 19.7 Å². The molecular formula is C57H110N2O7P+. The Bertz CT molecular complexity index is 1250. The standard InChI is InChI=1S/C57H109N2O7P/c1-7-10-13-16-19-22-25-26-27-28-29-30-31-32-35-37-40-43-46-49-56(60)58-54(53-65-67(62,63)64-52-51-59(4,5)6)55(48-45-42-39-36-33-23-20-17-14-11-8-2)66-57(61)50-47-44-41-38-34-24-21-18-15-12-9-3/h18,21,26-27,45,48,54-55H,7-17,19-20,22-25,28-44,46-47,49-53H2,1-6H3,(H-,58,60,62,63)/p+1/b21-18-,27-26+,48-45-. The van der Waals surface area contributed by atoms with Crippen LogP contribution in [0.3, 0.4) is 0 Å². The van der Waals surface area contributed by atoms with E-state index in [4.69, 9.17) is 13.8 Å². The van der Waals surface area contributed by atoms with Crippen LogP contribution >= 0.6 is 7.82 Å². The van der Waals surface area contributed by atoms with Gasteiger partial charge in [-0.1, -0.05) is 212 Å². The van der Waals surface area contributed by atoms with Gasteiger partial charge in [0.25, 0.3) is 0 Å². The zero-order valence-corrected chi connectivity index (χ0v) is 45.8. The fraction of sp³-hybridized carbons (Fsp3) is 0.860. The van der Waals surface area contributed by atoms with Crippen molar-refractivity contribution in [3.8, 4) is 0 Å². The van der Waals surface area contributed by atoms with E-state index in [1.54, 1.807) is 0 Å². The maximum absolute atomic E-state index is 13.5. The van der Waals surface area contributed by atoms with E-state index in [-0.39, 0.29) is 31.5 Å². The number of carbonyl (C=O) groups is 2. The third kappa shape index (κ3) is 49.0. The molecule has 0 fully saturated rings. The van der Waals surface area contributed by atoms with Crippen LogP contribution in [-0.4, -0.2) is 74.3 Å². The lowest BCUT2D eigenvalue weighted by molar-refractivity contribution is -0.870. The Kier molecular flexibility index (Phi) is 46.6. The fourth-order valence-electron chi connectivity index (χ4n) is 8.09. The van der Waals surface area contributed by atoms with Gasteiger partial charge in [-0.05, 0) is 76.7 Å². The average Bonchev–Trinajstić information content (AvgIpc) is 3.28. The minimum absolute atomic E-state index is 0.0397. The van der Waals surface area contributed by atoms with Crippen molar-refractivity contribution in [2.75, 3.05) is 40.9 Å². The number of rotatable bonds is 51. The van der Waals surface area contributed by atoms with Crippen LogP contribution in [0.2, 0.25) is 0 Å². The third-order valence-corrected chi connectivity index (χ3v) is 13.5. The van der Waals surface area contributed by atoms with Gasteiger partial charge in [-0.15, -0.1) is 0 Å². The second-order valence-corrected chi connectivity index (χ2v) is 21.9. The molecule has 0 aromatic heterocycles. The molecule has 0 spiro atoms. The van der Waals surface area contributed by atoms with Gasteiger partial charge >= 0.3 is 13.8 Å². The maximum atomic E-state index is 13.5. The zero-order chi connectivity index (χ0) is 49.4. The Morgan fingerprint density at radius 2 is 0.881 bits per heavy atom. The third-order valence-electron chi connectivity index (χ3n) is 12.6. The highest BCUT2D eigenvalue weighted by Gasteiger charge is 2.30. The number of nitrogens with one attached hydrogen (secondary N) is 1. The summed E-state index contributed by atoms with van der Waals surface area (Å²) in [5.41, 5.74) is 0. The van der Waals surface area contributed by atoms with Crippen LogP contribution < -0.4 is 5.32 Å². The predicted octanol–water partition coefficient (Wildman–Crippen LogP) is 16.8. The number of nitrogens with zero attached hydrogens (tertiary/aromatic N) is 1. The topological polar surface area (TPSA) is 111 Å². The predicted molar refractivity (Wildman–Crippen MR) is 286 cm³/mol. The van der Waals surface area contributed by atoms with Gasteiger partial charge in [0.05, 0.1) is 33.8 Å². The second-order valence-electron chi connectivity index (χ2n) is 20.5. The van der Waals surface area contributed by atoms with E-state index in [2.05, 4.69) is 50.4 Å². The Balaban J connectivity index is 5.25. The van der Waals surface area contributed by atoms with Gasteiger partial charge in [0.15, 0.2) is 0 Å². The molecule has 67 heavy (non-hydrogen) atoms. The fourth-order valence-corrected chi connectivity index (χ4v) is 8.83. The smallest absolute Gasteiger partial charge is 0.456 e. The molecule has 0 saturated heterocycles. The first kappa shape index (κ1) is 65.2. The number of amides is 1. The summed E-state index contributed by atoms with van der Waals surface area (Å²) in [7, 11) is 1.49. The number of allylic oxidation sites excluding steroid dienone is 5. The van der Waals surface area contributed by atoms with Crippen molar-refractivity contribution in [1.29, 1.82) is 0 Å². The van der Waals surface area contributed by atoms with Crippen LogP contribution in [0.4, 0.5) is 0 Å². The molecule has 2 N–H and O–H groups in total. The summed E-state index contributed by atoms with van der Waals surface area (Å²) < 4.78 is 30.5. The molecule has 3 atom stereocenters. The molecule has 0 radical (unpaired) electrons. The molecule has 0 heterocycles. The van der Waals surface area contributed by atoms with Crippen LogP contribution in [0.25, 0.3) is 0 Å². The van der Waals surface area contributed by atoms with E-state index in [0.29, 0.717) is 17.4 Å². The monoisotopic (exact) mass is 966 g/mol. The van der Waals surface area contributed by atoms with E-state index in [1.165, 1.54) is 148 Å². The average molecular weight is 966 g/mol. The molecule has 1 amide bonds. The summed E-state index contributed by atoms with van der Waals surface area (Å²) in [6.45, 7) is 6.96. The van der Waals surface area contributed by atoms with E-state index >= 15 is 0 Å². The molecule has 0 aromatic rings. The van der Waals surface area contributed by atoms with Crippen molar-refractivity contribution < 1.29 is 37.3 Å². The van der Waals surface area contributed by atoms with Gasteiger partial charge in [-0.25, -0.2) is 4.57 Å². The second kappa shape index (κ2) is 47.9. The quantitative estimate of drug-likeness (QED) is 0.0205. The zero-order valence-electron chi connectivity index (χ0n) is 44.9. The van der Waals surface area contributed by atoms with Gasteiger partial charge in [0.1, 0.15) is 19.3 Å². The minimum atomic E-state index is -4.44. The first-order valence-corrected chi connectivity index (χ1v) is 29.8. The summed E-state index contributed by atoms with van der Waals surface area (Å²) in [6.07, 6.45) is 55.7. The molecule has 3 unspecified atom stereocenters. The SMILES string of the molecule is CCCC/C=C\CCCCCCCC(=O)OC(/C=C\CCCCCCCCCCC)C(COP(=O)(O)OCC[N+](C)(C)C)NC(=O)CCCCCCCCCCC/C=C/CCCCCCCC. The van der Waals surface area contributed by atoms with Gasteiger partial charge < -0.3 is 19.4 Å². The number of phosphoric ester groups is 1. The number of quaternary nitrogens is 1. The van der Waals surface area contributed by atoms with Crippen LogP contribution in [-0.2, 0) is 27.9 Å². The van der Waals surface area contributed by atoms with Crippen molar-refractivity contribution in [1.82, 2.24) is 5.32 Å². The molecular weight excluding hydrogens is 856 g/mol. The van der Waals surface area contributed by atoms with Crippen molar-refractivity contribution in [2.24, 2.45) is 0 Å². The number of hydrogen-bond donors (Lipinski definition) is 2. The van der Waals surface area contributed by atoms with Crippen molar-refractivity contribution in [2.45, 2.75) is 277 Å². The van der Waals surface area contributed by atoms with Crippen molar-refractivity contribution in [3.63, 3.8) is 0 Å². The number of phosphoric acid groups is 1. The van der Waals surface area contributed by atoms with Gasteiger partial charge in [0.2, 0.25) is 5.91 Å². The number of ether oxygens (including phenoxy) is 1.